The molecule has 0 heterocycles. The van der Waals surface area contributed by atoms with Gasteiger partial charge in [0, 0.05) is 13.0 Å². The maximum atomic E-state index is 10.2. The van der Waals surface area contributed by atoms with Gasteiger partial charge in [-0.15, -0.1) is 0 Å². The van der Waals surface area contributed by atoms with Crippen LogP contribution in [0, 0.1) is 0 Å². The molecular formula is C6H11NO4. The van der Waals surface area contributed by atoms with Crippen LogP contribution in [0.5, 0.6) is 0 Å². The molecule has 0 unspecified atom stereocenters. The van der Waals surface area contributed by atoms with E-state index in [1.165, 1.54) is 12.8 Å². The number of carbonyl (C=O) groups excluding carboxylic acids is 1. The molecule has 0 saturated heterocycles. The molecule has 1 amide bonds. The van der Waals surface area contributed by atoms with Gasteiger partial charge in [-0.1, -0.05) is 0 Å². The molecule has 0 aromatic rings. The van der Waals surface area contributed by atoms with Crippen LogP contribution in [0.3, 0.4) is 0 Å². The first-order valence-electron chi connectivity index (χ1n) is 3.21. The maximum Gasteiger partial charge on any atom is 0.503 e. The first-order chi connectivity index (χ1) is 5.02. The normalized spacial score (nSPS) is 14.3. The Morgan fingerprint density at radius 3 is 1.82 bits per heavy atom. The fraction of sp³-hybridized carbons (Fsp3) is 0.667. The Kier molecular flexibility index (Phi) is 4.02. The number of carboxylic acid groups (broad SMARTS) is 2. The third kappa shape index (κ3) is 12.1. The minimum atomic E-state index is -1.83. The molecule has 3 N–H and O–H groups in total. The summed E-state index contributed by atoms with van der Waals surface area (Å²) in [6.45, 7) is 1.55. The van der Waals surface area contributed by atoms with Gasteiger partial charge >= 0.3 is 6.16 Å². The van der Waals surface area contributed by atoms with E-state index in [-0.39, 0.29) is 5.91 Å². The van der Waals surface area contributed by atoms with Gasteiger partial charge in [-0.2, -0.15) is 0 Å². The van der Waals surface area contributed by atoms with Crippen molar-refractivity contribution in [3.05, 3.63) is 0 Å². The fourth-order valence-electron chi connectivity index (χ4n) is 0.515. The number of amides is 1. The van der Waals surface area contributed by atoms with E-state index in [1.54, 1.807) is 6.92 Å². The highest BCUT2D eigenvalue weighted by atomic mass is 16.6. The Balaban J connectivity index is 0.000000218. The molecule has 11 heavy (non-hydrogen) atoms. The fourth-order valence-corrected chi connectivity index (χ4v) is 0.515. The van der Waals surface area contributed by atoms with Crippen LogP contribution in [0.4, 0.5) is 4.79 Å². The first-order valence-corrected chi connectivity index (χ1v) is 3.21. The highest BCUT2D eigenvalue weighted by molar-refractivity contribution is 5.73. The molecule has 0 radical (unpaired) electrons. The average molecular weight is 161 g/mol. The lowest BCUT2D eigenvalue weighted by atomic mass is 10.6. The Bertz CT molecular complexity index is 149. The molecule has 64 valence electrons. The summed E-state index contributed by atoms with van der Waals surface area (Å²) in [6, 6.07) is 0.525. The van der Waals surface area contributed by atoms with E-state index < -0.39 is 6.16 Å². The topological polar surface area (TPSA) is 86.6 Å². The van der Waals surface area contributed by atoms with E-state index in [9.17, 15) is 4.79 Å². The van der Waals surface area contributed by atoms with Crippen molar-refractivity contribution in [1.29, 1.82) is 0 Å². The third-order valence-electron chi connectivity index (χ3n) is 0.985. The number of rotatable bonds is 1. The van der Waals surface area contributed by atoms with Crippen molar-refractivity contribution < 1.29 is 19.8 Å². The molecule has 0 aromatic carbocycles. The number of nitrogens with one attached hydrogen (secondary N) is 1. The monoisotopic (exact) mass is 161 g/mol. The summed E-state index contributed by atoms with van der Waals surface area (Å²) < 4.78 is 0. The Morgan fingerprint density at radius 1 is 1.36 bits per heavy atom. The molecule has 1 rings (SSSR count). The summed E-state index contributed by atoms with van der Waals surface area (Å²) in [5, 5.41) is 16.7. The second kappa shape index (κ2) is 4.54. The summed E-state index contributed by atoms with van der Waals surface area (Å²) >= 11 is 0. The van der Waals surface area contributed by atoms with Crippen LogP contribution in [-0.2, 0) is 4.79 Å². The zero-order valence-corrected chi connectivity index (χ0v) is 6.20. The minimum absolute atomic E-state index is 0.0995. The summed E-state index contributed by atoms with van der Waals surface area (Å²) in [6.07, 6.45) is 0.527. The van der Waals surface area contributed by atoms with Crippen molar-refractivity contribution in [2.45, 2.75) is 25.8 Å². The van der Waals surface area contributed by atoms with Crippen LogP contribution < -0.4 is 5.32 Å². The van der Waals surface area contributed by atoms with E-state index in [4.69, 9.17) is 15.0 Å². The second-order valence-corrected chi connectivity index (χ2v) is 2.26. The SMILES string of the molecule is CC(=O)NC1CC1.O=C(O)O. The van der Waals surface area contributed by atoms with Gasteiger partial charge in [0.2, 0.25) is 5.91 Å². The van der Waals surface area contributed by atoms with Crippen LogP contribution in [0.1, 0.15) is 19.8 Å². The molecule has 1 aliphatic carbocycles. The van der Waals surface area contributed by atoms with Crippen molar-refractivity contribution in [2.75, 3.05) is 0 Å². The molecule has 5 nitrogen and oxygen atoms in total. The van der Waals surface area contributed by atoms with E-state index in [0.717, 1.165) is 0 Å². The molecule has 0 bridgehead atoms. The first kappa shape index (κ1) is 9.74. The van der Waals surface area contributed by atoms with Crippen molar-refractivity contribution in [2.24, 2.45) is 0 Å². The van der Waals surface area contributed by atoms with Gasteiger partial charge in [0.1, 0.15) is 0 Å². The Hall–Kier alpha value is -1.26. The molecule has 1 aliphatic rings. The summed E-state index contributed by atoms with van der Waals surface area (Å²) in [4.78, 5) is 18.7. The van der Waals surface area contributed by atoms with E-state index in [1.807, 2.05) is 0 Å². The summed E-state index contributed by atoms with van der Waals surface area (Å²) in [7, 11) is 0. The lowest BCUT2D eigenvalue weighted by Gasteiger charge is -1.91. The minimum Gasteiger partial charge on any atom is -0.450 e. The standard InChI is InChI=1S/C5H9NO.CH2O3/c1-4(7)6-5-2-3-5;2-1(3)4/h5H,2-3H2,1H3,(H,6,7);(H2,2,3,4). The highest BCUT2D eigenvalue weighted by Crippen LogP contribution is 2.17. The molecule has 1 fully saturated rings. The van der Waals surface area contributed by atoms with Crippen molar-refractivity contribution in [1.82, 2.24) is 5.32 Å². The third-order valence-corrected chi connectivity index (χ3v) is 0.985. The van der Waals surface area contributed by atoms with Crippen LogP contribution in [0.2, 0.25) is 0 Å². The zero-order valence-electron chi connectivity index (χ0n) is 6.20. The zero-order chi connectivity index (χ0) is 8.85. The van der Waals surface area contributed by atoms with Gasteiger partial charge in [0.15, 0.2) is 0 Å². The molecule has 1 saturated carbocycles. The predicted molar refractivity (Wildman–Crippen MR) is 37.5 cm³/mol. The van der Waals surface area contributed by atoms with E-state index in [2.05, 4.69) is 5.32 Å². The van der Waals surface area contributed by atoms with E-state index >= 15 is 0 Å². The molecule has 0 aliphatic heterocycles. The smallest absolute Gasteiger partial charge is 0.450 e. The molecular weight excluding hydrogens is 150 g/mol. The predicted octanol–water partition coefficient (Wildman–Crippen LogP) is 0.507. The van der Waals surface area contributed by atoms with Crippen LogP contribution in [0.15, 0.2) is 0 Å². The molecule has 5 heteroatoms. The van der Waals surface area contributed by atoms with Crippen LogP contribution >= 0.6 is 0 Å². The lowest BCUT2D eigenvalue weighted by Crippen LogP contribution is -2.21. The lowest BCUT2D eigenvalue weighted by molar-refractivity contribution is -0.119. The molecule has 0 aromatic heterocycles. The summed E-state index contributed by atoms with van der Waals surface area (Å²) in [5.74, 6) is 0.0995. The Labute approximate surface area is 64.0 Å². The van der Waals surface area contributed by atoms with Gasteiger partial charge in [-0.3, -0.25) is 4.79 Å². The van der Waals surface area contributed by atoms with Gasteiger partial charge in [-0.05, 0) is 12.8 Å². The quantitative estimate of drug-likeness (QED) is 0.522. The van der Waals surface area contributed by atoms with Crippen LogP contribution in [0.25, 0.3) is 0 Å². The van der Waals surface area contributed by atoms with E-state index in [0.29, 0.717) is 6.04 Å². The van der Waals surface area contributed by atoms with Gasteiger partial charge in [-0.25, -0.2) is 4.79 Å². The maximum absolute atomic E-state index is 10.2. The number of carbonyl (C=O) groups is 2. The van der Waals surface area contributed by atoms with Crippen molar-refractivity contribution in [3.63, 3.8) is 0 Å². The van der Waals surface area contributed by atoms with Crippen LogP contribution in [-0.4, -0.2) is 28.3 Å². The molecule has 0 spiro atoms. The number of hydrogen-bond donors (Lipinski definition) is 3. The van der Waals surface area contributed by atoms with Gasteiger partial charge < -0.3 is 15.5 Å². The summed E-state index contributed by atoms with van der Waals surface area (Å²) in [5.41, 5.74) is 0. The Morgan fingerprint density at radius 2 is 1.73 bits per heavy atom. The van der Waals surface area contributed by atoms with Gasteiger partial charge in [0.25, 0.3) is 0 Å². The number of hydrogen-bond acceptors (Lipinski definition) is 2. The second-order valence-electron chi connectivity index (χ2n) is 2.26. The highest BCUT2D eigenvalue weighted by Gasteiger charge is 2.21. The van der Waals surface area contributed by atoms with Gasteiger partial charge in [0.05, 0.1) is 0 Å². The average Bonchev–Trinajstić information content (AvgIpc) is 2.45. The largest absolute Gasteiger partial charge is 0.503 e. The van der Waals surface area contributed by atoms with Crippen molar-refractivity contribution in [3.8, 4) is 0 Å². The van der Waals surface area contributed by atoms with Crippen molar-refractivity contribution >= 4 is 12.1 Å². The molecule has 0 atom stereocenters.